The first-order valence-electron chi connectivity index (χ1n) is 9.66. The fraction of sp³-hybridized carbons (Fsp3) is 0.304. The van der Waals surface area contributed by atoms with E-state index >= 15 is 0 Å². The van der Waals surface area contributed by atoms with Crippen LogP contribution < -0.4 is 24.6 Å². The highest BCUT2D eigenvalue weighted by atomic mass is 16.7. The van der Waals surface area contributed by atoms with Crippen LogP contribution in [0.5, 0.6) is 17.2 Å². The maximum atomic E-state index is 13.2. The average Bonchev–Trinajstić information content (AvgIpc) is 2.96. The molecule has 0 spiro atoms. The van der Waals surface area contributed by atoms with Crippen LogP contribution in [0.3, 0.4) is 0 Å². The zero-order valence-electron chi connectivity index (χ0n) is 18.0. The SMILES string of the molecule is COC(=O)C1C(c2ccc(OC)c(OC)c2)=c2cc3ccc2=C(O)C1(C(=O)OC)OCO3. The zero-order valence-corrected chi connectivity index (χ0v) is 18.0. The molecule has 1 aliphatic carbocycles. The van der Waals surface area contributed by atoms with Crippen molar-refractivity contribution in [2.75, 3.05) is 35.2 Å². The Kier molecular flexibility index (Phi) is 5.43. The van der Waals surface area contributed by atoms with E-state index in [4.69, 9.17) is 28.4 Å². The minimum Gasteiger partial charge on any atom is -0.508 e. The van der Waals surface area contributed by atoms with E-state index in [1.54, 1.807) is 36.4 Å². The lowest BCUT2D eigenvalue weighted by molar-refractivity contribution is -0.184. The van der Waals surface area contributed by atoms with E-state index in [1.807, 2.05) is 0 Å². The Morgan fingerprint density at radius 1 is 0.969 bits per heavy atom. The number of hydrogen-bond acceptors (Lipinski definition) is 9. The van der Waals surface area contributed by atoms with E-state index in [-0.39, 0.29) is 0 Å². The molecule has 3 heterocycles. The van der Waals surface area contributed by atoms with Crippen molar-refractivity contribution in [1.29, 1.82) is 0 Å². The summed E-state index contributed by atoms with van der Waals surface area (Å²) in [6, 6.07) is 9.96. The molecule has 0 saturated heterocycles. The van der Waals surface area contributed by atoms with Crippen LogP contribution in [-0.2, 0) is 23.8 Å². The lowest BCUT2D eigenvalue weighted by atomic mass is 9.72. The number of fused-ring (bicyclic) bond motifs is 2. The Hall–Kier alpha value is -3.72. The first-order chi connectivity index (χ1) is 15.4. The Morgan fingerprint density at radius 2 is 1.72 bits per heavy atom. The number of aliphatic hydroxyl groups is 1. The van der Waals surface area contributed by atoms with Gasteiger partial charge in [-0.25, -0.2) is 4.79 Å². The Morgan fingerprint density at radius 3 is 2.38 bits per heavy atom. The van der Waals surface area contributed by atoms with Crippen LogP contribution >= 0.6 is 0 Å². The van der Waals surface area contributed by atoms with Gasteiger partial charge < -0.3 is 33.5 Å². The lowest BCUT2D eigenvalue weighted by Gasteiger charge is -2.38. The first kappa shape index (κ1) is 21.5. The van der Waals surface area contributed by atoms with Gasteiger partial charge in [0.25, 0.3) is 0 Å². The van der Waals surface area contributed by atoms with Crippen molar-refractivity contribution in [3.05, 3.63) is 52.4 Å². The van der Waals surface area contributed by atoms with Crippen LogP contribution in [0.25, 0.3) is 11.3 Å². The number of carbonyl (C=O) groups excluding carboxylic acids is 2. The quantitative estimate of drug-likeness (QED) is 0.668. The number of ether oxygens (including phenoxy) is 6. The second kappa shape index (κ2) is 8.08. The molecule has 0 amide bonds. The summed E-state index contributed by atoms with van der Waals surface area (Å²) in [6.45, 7) is -0.414. The third-order valence-corrected chi connectivity index (χ3v) is 5.72. The van der Waals surface area contributed by atoms with Gasteiger partial charge in [-0.2, -0.15) is 0 Å². The smallest absolute Gasteiger partial charge is 0.347 e. The summed E-state index contributed by atoms with van der Waals surface area (Å²) < 4.78 is 32.2. The van der Waals surface area contributed by atoms with Gasteiger partial charge in [-0.1, -0.05) is 6.07 Å². The first-order valence-corrected chi connectivity index (χ1v) is 9.66. The van der Waals surface area contributed by atoms with E-state index < -0.39 is 36.0 Å². The molecule has 3 aliphatic heterocycles. The maximum absolute atomic E-state index is 13.2. The molecular formula is C23H22O9. The van der Waals surface area contributed by atoms with E-state index in [0.29, 0.717) is 38.8 Å². The van der Waals surface area contributed by atoms with Crippen LogP contribution in [0.15, 0.2) is 36.4 Å². The summed E-state index contributed by atoms with van der Waals surface area (Å²) in [5.41, 5.74) is -1.31. The molecule has 2 unspecified atom stereocenters. The van der Waals surface area contributed by atoms with Crippen molar-refractivity contribution >= 4 is 23.3 Å². The molecular weight excluding hydrogens is 420 g/mol. The number of esters is 2. The number of rotatable bonds is 5. The highest BCUT2D eigenvalue weighted by Crippen LogP contribution is 2.43. The zero-order chi connectivity index (χ0) is 23.0. The molecule has 9 heteroatoms. The molecule has 4 bridgehead atoms. The van der Waals surface area contributed by atoms with Crippen LogP contribution in [0.2, 0.25) is 0 Å². The molecule has 6 rings (SSSR count). The van der Waals surface area contributed by atoms with Crippen LogP contribution in [-0.4, -0.2) is 57.9 Å². The molecule has 0 fully saturated rings. The van der Waals surface area contributed by atoms with Crippen molar-refractivity contribution in [1.82, 2.24) is 0 Å². The third kappa shape index (κ3) is 2.96. The van der Waals surface area contributed by atoms with Gasteiger partial charge in [0.1, 0.15) is 17.4 Å². The molecule has 2 aromatic rings. The Labute approximate surface area is 183 Å². The van der Waals surface area contributed by atoms with Crippen LogP contribution in [0.4, 0.5) is 0 Å². The summed E-state index contributed by atoms with van der Waals surface area (Å²) >= 11 is 0. The van der Waals surface area contributed by atoms with Crippen molar-refractivity contribution < 1.29 is 43.1 Å². The van der Waals surface area contributed by atoms with Gasteiger partial charge in [-0.05, 0) is 46.7 Å². The molecule has 1 N–H and O–H groups in total. The fourth-order valence-corrected chi connectivity index (χ4v) is 4.23. The van der Waals surface area contributed by atoms with Gasteiger partial charge in [-0.3, -0.25) is 4.79 Å². The number of carbonyl (C=O) groups is 2. The standard InChI is InChI=1S/C23H22O9/c1-27-16-8-5-12(9-17(16)28-2)18-15-10-13-6-7-14(15)20(24)23(22(26)30-4,32-11-31-13)19(18)21(25)29-3/h5-10,19,24H,11H2,1-4H3. The predicted molar refractivity (Wildman–Crippen MR) is 111 cm³/mol. The largest absolute Gasteiger partial charge is 0.508 e. The second-order valence-corrected chi connectivity index (χ2v) is 7.13. The highest BCUT2D eigenvalue weighted by molar-refractivity contribution is 6.04. The molecule has 0 saturated carbocycles. The summed E-state index contributed by atoms with van der Waals surface area (Å²) in [5, 5.41) is 12.0. The van der Waals surface area contributed by atoms with E-state index in [1.165, 1.54) is 21.3 Å². The van der Waals surface area contributed by atoms with Gasteiger partial charge in [0.15, 0.2) is 18.3 Å². The van der Waals surface area contributed by atoms with Crippen molar-refractivity contribution in [2.24, 2.45) is 5.92 Å². The Balaban J connectivity index is 2.19. The summed E-state index contributed by atoms with van der Waals surface area (Å²) in [5.74, 6) is -2.31. The third-order valence-electron chi connectivity index (χ3n) is 5.72. The van der Waals surface area contributed by atoms with E-state index in [9.17, 15) is 14.7 Å². The summed E-state index contributed by atoms with van der Waals surface area (Å²) in [7, 11) is 5.33. The van der Waals surface area contributed by atoms with Gasteiger partial charge >= 0.3 is 11.9 Å². The normalized spacial score (nSPS) is 21.2. The van der Waals surface area contributed by atoms with E-state index in [0.717, 1.165) is 7.11 Å². The molecule has 2 aromatic carbocycles. The minimum atomic E-state index is -2.22. The molecule has 2 atom stereocenters. The van der Waals surface area contributed by atoms with E-state index in [2.05, 4.69) is 0 Å². The topological polar surface area (TPSA) is 110 Å². The maximum Gasteiger partial charge on any atom is 0.347 e. The Bertz CT molecular complexity index is 1220. The number of aliphatic hydroxyl groups excluding tert-OH is 1. The lowest BCUT2D eigenvalue weighted by Crippen LogP contribution is -2.60. The van der Waals surface area contributed by atoms with Crippen LogP contribution in [0, 0.1) is 5.92 Å². The average molecular weight is 442 g/mol. The summed E-state index contributed by atoms with van der Waals surface area (Å²) in [4.78, 5) is 26.3. The van der Waals surface area contributed by atoms with Gasteiger partial charge in [0, 0.05) is 5.22 Å². The monoisotopic (exact) mass is 442 g/mol. The highest BCUT2D eigenvalue weighted by Gasteiger charge is 2.60. The van der Waals surface area contributed by atoms with Crippen LogP contribution in [0.1, 0.15) is 5.56 Å². The minimum absolute atomic E-state index is 0.301. The van der Waals surface area contributed by atoms with Gasteiger partial charge in [-0.15, -0.1) is 0 Å². The van der Waals surface area contributed by atoms with Crippen molar-refractivity contribution in [3.8, 4) is 17.2 Å². The van der Waals surface area contributed by atoms with Crippen molar-refractivity contribution in [3.63, 3.8) is 0 Å². The van der Waals surface area contributed by atoms with Crippen molar-refractivity contribution in [2.45, 2.75) is 5.60 Å². The number of methoxy groups -OCH3 is 4. The van der Waals surface area contributed by atoms with Gasteiger partial charge in [0.2, 0.25) is 5.60 Å². The molecule has 0 aromatic heterocycles. The molecule has 32 heavy (non-hydrogen) atoms. The molecule has 9 nitrogen and oxygen atoms in total. The van der Waals surface area contributed by atoms with Gasteiger partial charge in [0.05, 0.1) is 28.4 Å². The molecule has 0 radical (unpaired) electrons. The number of benzene rings is 2. The molecule has 4 aliphatic rings. The fourth-order valence-electron chi connectivity index (χ4n) is 4.23. The second-order valence-electron chi connectivity index (χ2n) is 7.13. The predicted octanol–water partition coefficient (Wildman–Crippen LogP) is 0.650. The molecule has 168 valence electrons. The number of hydrogen-bond donors (Lipinski definition) is 1. The summed E-state index contributed by atoms with van der Waals surface area (Å²) in [6.07, 6.45) is 0.